The number of hydrogen-bond acceptors (Lipinski definition) is 3. The zero-order valence-electron chi connectivity index (χ0n) is 7.42. The third-order valence-corrected chi connectivity index (χ3v) is 2.38. The molecule has 0 aromatic heterocycles. The van der Waals surface area contributed by atoms with Crippen molar-refractivity contribution in [1.82, 2.24) is 5.32 Å². The Morgan fingerprint density at radius 1 is 1.50 bits per heavy atom. The van der Waals surface area contributed by atoms with E-state index in [9.17, 15) is 0 Å². The molecule has 0 radical (unpaired) electrons. The maximum atomic E-state index is 8.33. The van der Waals surface area contributed by atoms with Gasteiger partial charge in [-0.1, -0.05) is 6.42 Å². The summed E-state index contributed by atoms with van der Waals surface area (Å²) in [5.41, 5.74) is 5.82. The second kappa shape index (κ2) is 5.13. The molecule has 68 valence electrons. The fraction of sp³-hybridized carbons (Fsp3) is 0.889. The highest BCUT2D eigenvalue weighted by molar-refractivity contribution is 4.81. The largest absolute Gasteiger partial charge is 0.328 e. The molecule has 1 saturated carbocycles. The van der Waals surface area contributed by atoms with Gasteiger partial charge in [-0.05, 0) is 19.3 Å². The fourth-order valence-electron chi connectivity index (χ4n) is 1.75. The molecule has 1 fully saturated rings. The lowest BCUT2D eigenvalue weighted by molar-refractivity contribution is 0.342. The molecule has 0 spiro atoms. The summed E-state index contributed by atoms with van der Waals surface area (Å²) in [6, 6.07) is 3.06. The molecule has 3 N–H and O–H groups in total. The van der Waals surface area contributed by atoms with Crippen LogP contribution in [0.25, 0.3) is 0 Å². The van der Waals surface area contributed by atoms with Crippen LogP contribution in [-0.4, -0.2) is 18.6 Å². The fourth-order valence-corrected chi connectivity index (χ4v) is 1.75. The van der Waals surface area contributed by atoms with E-state index in [1.165, 1.54) is 12.8 Å². The van der Waals surface area contributed by atoms with Crippen LogP contribution in [0.4, 0.5) is 0 Å². The third-order valence-electron chi connectivity index (χ3n) is 2.38. The lowest BCUT2D eigenvalue weighted by Crippen LogP contribution is -2.39. The lowest BCUT2D eigenvalue weighted by Gasteiger charge is -2.27. The van der Waals surface area contributed by atoms with Crippen molar-refractivity contribution in [1.29, 1.82) is 5.26 Å². The molecule has 1 aliphatic rings. The standard InChI is InChI=1S/C9H17N3/c10-5-2-6-12-9-4-1-3-8(11)7-9/h8-9,12H,1-4,6-7,11H2. The van der Waals surface area contributed by atoms with Gasteiger partial charge in [-0.25, -0.2) is 0 Å². The lowest BCUT2D eigenvalue weighted by atomic mass is 9.91. The number of nitrogens with two attached hydrogens (primary N) is 1. The number of nitriles is 1. The van der Waals surface area contributed by atoms with E-state index in [1.54, 1.807) is 0 Å². The monoisotopic (exact) mass is 167 g/mol. The summed E-state index contributed by atoms with van der Waals surface area (Å²) in [5.74, 6) is 0. The first-order chi connectivity index (χ1) is 5.83. The van der Waals surface area contributed by atoms with E-state index in [-0.39, 0.29) is 0 Å². The minimum atomic E-state index is 0.373. The first-order valence-corrected chi connectivity index (χ1v) is 4.69. The Bertz CT molecular complexity index is 162. The van der Waals surface area contributed by atoms with Crippen molar-refractivity contribution < 1.29 is 0 Å². The van der Waals surface area contributed by atoms with Crippen molar-refractivity contribution in [2.24, 2.45) is 5.73 Å². The van der Waals surface area contributed by atoms with Crippen molar-refractivity contribution in [3.8, 4) is 6.07 Å². The number of nitrogens with zero attached hydrogens (tertiary/aromatic N) is 1. The maximum absolute atomic E-state index is 8.33. The Morgan fingerprint density at radius 3 is 3.00 bits per heavy atom. The van der Waals surface area contributed by atoms with Gasteiger partial charge >= 0.3 is 0 Å². The Morgan fingerprint density at radius 2 is 2.33 bits per heavy atom. The van der Waals surface area contributed by atoms with Gasteiger partial charge < -0.3 is 11.1 Å². The highest BCUT2D eigenvalue weighted by Crippen LogP contribution is 2.16. The minimum Gasteiger partial charge on any atom is -0.328 e. The van der Waals surface area contributed by atoms with Gasteiger partial charge in [0.15, 0.2) is 0 Å². The number of hydrogen-bond donors (Lipinski definition) is 2. The Hall–Kier alpha value is -0.590. The van der Waals surface area contributed by atoms with Crippen LogP contribution >= 0.6 is 0 Å². The summed E-state index contributed by atoms with van der Waals surface area (Å²) in [7, 11) is 0. The first-order valence-electron chi connectivity index (χ1n) is 4.69. The first kappa shape index (κ1) is 9.50. The summed E-state index contributed by atoms with van der Waals surface area (Å²) < 4.78 is 0. The van der Waals surface area contributed by atoms with E-state index in [0.717, 1.165) is 19.4 Å². The SMILES string of the molecule is N#CCCNC1CCCC(N)C1. The second-order valence-electron chi connectivity index (χ2n) is 3.49. The van der Waals surface area contributed by atoms with E-state index in [2.05, 4.69) is 11.4 Å². The molecule has 0 aliphatic heterocycles. The van der Waals surface area contributed by atoms with Gasteiger partial charge in [-0.2, -0.15) is 5.26 Å². The molecule has 1 rings (SSSR count). The summed E-state index contributed by atoms with van der Waals surface area (Å²) in [6.07, 6.45) is 5.29. The van der Waals surface area contributed by atoms with Gasteiger partial charge in [0.2, 0.25) is 0 Å². The number of nitrogens with one attached hydrogen (secondary N) is 1. The Balaban J connectivity index is 2.11. The van der Waals surface area contributed by atoms with Crippen molar-refractivity contribution in [3.63, 3.8) is 0 Å². The highest BCUT2D eigenvalue weighted by Gasteiger charge is 2.17. The molecule has 0 saturated heterocycles. The molecule has 12 heavy (non-hydrogen) atoms. The van der Waals surface area contributed by atoms with Gasteiger partial charge in [0.25, 0.3) is 0 Å². The van der Waals surface area contributed by atoms with Crippen molar-refractivity contribution in [3.05, 3.63) is 0 Å². The van der Waals surface area contributed by atoms with E-state index < -0.39 is 0 Å². The topological polar surface area (TPSA) is 61.8 Å². The predicted molar refractivity (Wildman–Crippen MR) is 48.5 cm³/mol. The van der Waals surface area contributed by atoms with E-state index in [4.69, 9.17) is 11.0 Å². The van der Waals surface area contributed by atoms with Gasteiger partial charge in [0.05, 0.1) is 6.07 Å². The van der Waals surface area contributed by atoms with E-state index >= 15 is 0 Å². The summed E-state index contributed by atoms with van der Waals surface area (Å²) in [6.45, 7) is 0.813. The Kier molecular flexibility index (Phi) is 4.06. The summed E-state index contributed by atoms with van der Waals surface area (Å²) >= 11 is 0. The van der Waals surface area contributed by atoms with E-state index in [0.29, 0.717) is 18.5 Å². The molecule has 0 aromatic carbocycles. The van der Waals surface area contributed by atoms with Crippen molar-refractivity contribution in [2.45, 2.75) is 44.2 Å². The molecule has 0 aromatic rings. The van der Waals surface area contributed by atoms with Gasteiger partial charge in [-0.3, -0.25) is 0 Å². The summed E-state index contributed by atoms with van der Waals surface area (Å²) in [4.78, 5) is 0. The maximum Gasteiger partial charge on any atom is 0.0635 e. The summed E-state index contributed by atoms with van der Waals surface area (Å²) in [5, 5.41) is 11.7. The minimum absolute atomic E-state index is 0.373. The molecule has 0 amide bonds. The smallest absolute Gasteiger partial charge is 0.0635 e. The molecular weight excluding hydrogens is 150 g/mol. The highest BCUT2D eigenvalue weighted by atomic mass is 14.9. The third kappa shape index (κ3) is 3.21. The molecule has 0 heterocycles. The average Bonchev–Trinajstić information content (AvgIpc) is 2.05. The van der Waals surface area contributed by atoms with Crippen molar-refractivity contribution >= 4 is 0 Å². The molecule has 3 heteroatoms. The van der Waals surface area contributed by atoms with Gasteiger partial charge in [-0.15, -0.1) is 0 Å². The molecular formula is C9H17N3. The molecule has 3 nitrogen and oxygen atoms in total. The van der Waals surface area contributed by atoms with Crippen molar-refractivity contribution in [2.75, 3.05) is 6.54 Å². The molecule has 2 atom stereocenters. The van der Waals surface area contributed by atoms with E-state index in [1.807, 2.05) is 0 Å². The predicted octanol–water partition coefficient (Wildman–Crippen LogP) is 0.760. The molecule has 1 aliphatic carbocycles. The Labute approximate surface area is 73.9 Å². The van der Waals surface area contributed by atoms with Crippen LogP contribution in [0.5, 0.6) is 0 Å². The normalized spacial score (nSPS) is 29.7. The van der Waals surface area contributed by atoms with Gasteiger partial charge in [0.1, 0.15) is 0 Å². The van der Waals surface area contributed by atoms with Crippen LogP contribution in [-0.2, 0) is 0 Å². The van der Waals surface area contributed by atoms with Crippen LogP contribution < -0.4 is 11.1 Å². The molecule has 2 unspecified atom stereocenters. The zero-order valence-corrected chi connectivity index (χ0v) is 7.42. The van der Waals surface area contributed by atoms with Crippen LogP contribution in [0.3, 0.4) is 0 Å². The second-order valence-corrected chi connectivity index (χ2v) is 3.49. The quantitative estimate of drug-likeness (QED) is 0.610. The van der Waals surface area contributed by atoms with Gasteiger partial charge in [0, 0.05) is 25.0 Å². The number of rotatable bonds is 3. The molecule has 0 bridgehead atoms. The van der Waals surface area contributed by atoms with Crippen LogP contribution in [0.15, 0.2) is 0 Å². The van der Waals surface area contributed by atoms with Crippen LogP contribution in [0.2, 0.25) is 0 Å². The zero-order chi connectivity index (χ0) is 8.81. The average molecular weight is 167 g/mol. The van der Waals surface area contributed by atoms with Crippen LogP contribution in [0.1, 0.15) is 32.1 Å². The van der Waals surface area contributed by atoms with Crippen LogP contribution in [0, 0.1) is 11.3 Å².